The molecule has 0 aliphatic carbocycles. The van der Waals surface area contributed by atoms with E-state index in [0.29, 0.717) is 28.2 Å². The lowest BCUT2D eigenvalue weighted by molar-refractivity contribution is -0.115. The summed E-state index contributed by atoms with van der Waals surface area (Å²) in [7, 11) is 1.49. The van der Waals surface area contributed by atoms with Crippen LogP contribution in [0.15, 0.2) is 24.5 Å². The quantitative estimate of drug-likeness (QED) is 0.429. The second kappa shape index (κ2) is 11.9. The molecule has 3 aromatic rings. The molecule has 4 rings (SSSR count). The molecule has 1 saturated heterocycles. The topological polar surface area (TPSA) is 137 Å². The standard InChI is InChI=1S/C22H27FN8O3S/c1-24-21(33)18-13-31(30-27-18)12-16(23)2-3-20-28-29-22(35-20)26-19(32)11-17-10-15(4-7-25-17)14-5-8-34-9-6-14/h4,7,10,13-14,16H,2-3,5-6,8-9,11-12H2,1H3,(H,24,33)(H,26,29,32). The van der Waals surface area contributed by atoms with E-state index in [2.05, 4.69) is 36.1 Å². The van der Waals surface area contributed by atoms with Crippen LogP contribution in [0, 0.1) is 0 Å². The van der Waals surface area contributed by atoms with Gasteiger partial charge in [0, 0.05) is 38.6 Å². The van der Waals surface area contributed by atoms with Crippen LogP contribution in [-0.4, -0.2) is 68.4 Å². The Balaban J connectivity index is 1.23. The Morgan fingerprint density at radius 3 is 2.91 bits per heavy atom. The van der Waals surface area contributed by atoms with Crippen molar-refractivity contribution in [3.05, 3.63) is 46.5 Å². The number of anilines is 1. The number of hydrogen-bond donors (Lipinski definition) is 2. The molecule has 1 atom stereocenters. The molecular formula is C22H27FN8O3S. The van der Waals surface area contributed by atoms with Crippen molar-refractivity contribution in [2.75, 3.05) is 25.6 Å². The highest BCUT2D eigenvalue weighted by Crippen LogP contribution is 2.27. The number of ether oxygens (including phenoxy) is 1. The smallest absolute Gasteiger partial charge is 0.273 e. The molecule has 186 valence electrons. The summed E-state index contributed by atoms with van der Waals surface area (Å²) in [5.41, 5.74) is 2.01. The maximum Gasteiger partial charge on any atom is 0.273 e. The van der Waals surface area contributed by atoms with Gasteiger partial charge in [0.25, 0.3) is 5.91 Å². The fourth-order valence-electron chi connectivity index (χ4n) is 3.81. The third kappa shape index (κ3) is 7.09. The average molecular weight is 503 g/mol. The summed E-state index contributed by atoms with van der Waals surface area (Å²) in [6.07, 6.45) is 4.57. The van der Waals surface area contributed by atoms with Gasteiger partial charge in [-0.2, -0.15) is 0 Å². The number of halogens is 1. The number of carbonyl (C=O) groups excluding carboxylic acids is 2. The van der Waals surface area contributed by atoms with Gasteiger partial charge in [-0.05, 0) is 42.9 Å². The van der Waals surface area contributed by atoms with E-state index in [9.17, 15) is 14.0 Å². The number of aromatic nitrogens is 6. The van der Waals surface area contributed by atoms with Gasteiger partial charge in [-0.1, -0.05) is 16.6 Å². The summed E-state index contributed by atoms with van der Waals surface area (Å²) in [6, 6.07) is 3.98. The number of carbonyl (C=O) groups is 2. The van der Waals surface area contributed by atoms with Gasteiger partial charge in [-0.3, -0.25) is 14.6 Å². The van der Waals surface area contributed by atoms with E-state index in [1.54, 1.807) is 6.20 Å². The Morgan fingerprint density at radius 1 is 1.29 bits per heavy atom. The maximum absolute atomic E-state index is 14.4. The molecule has 3 aromatic heterocycles. The number of nitrogens with zero attached hydrogens (tertiary/aromatic N) is 6. The van der Waals surface area contributed by atoms with E-state index in [1.165, 1.54) is 34.8 Å². The van der Waals surface area contributed by atoms with Crippen LogP contribution < -0.4 is 10.6 Å². The molecular weight excluding hydrogens is 475 g/mol. The van der Waals surface area contributed by atoms with Gasteiger partial charge >= 0.3 is 0 Å². The number of rotatable bonds is 10. The number of amides is 2. The Morgan fingerprint density at radius 2 is 2.11 bits per heavy atom. The molecule has 35 heavy (non-hydrogen) atoms. The third-order valence-corrected chi connectivity index (χ3v) is 6.54. The van der Waals surface area contributed by atoms with Crippen molar-refractivity contribution in [1.29, 1.82) is 0 Å². The molecule has 0 radical (unpaired) electrons. The highest BCUT2D eigenvalue weighted by molar-refractivity contribution is 7.15. The minimum atomic E-state index is -1.20. The molecule has 0 spiro atoms. The zero-order chi connectivity index (χ0) is 24.6. The van der Waals surface area contributed by atoms with Crippen LogP contribution in [-0.2, 0) is 28.9 Å². The van der Waals surface area contributed by atoms with Gasteiger partial charge in [-0.15, -0.1) is 15.3 Å². The minimum Gasteiger partial charge on any atom is -0.381 e. The Bertz CT molecular complexity index is 1150. The predicted molar refractivity (Wildman–Crippen MR) is 126 cm³/mol. The molecule has 0 saturated carbocycles. The predicted octanol–water partition coefficient (Wildman–Crippen LogP) is 1.93. The summed E-state index contributed by atoms with van der Waals surface area (Å²) in [4.78, 5) is 28.3. The first-order valence-corrected chi connectivity index (χ1v) is 12.2. The van der Waals surface area contributed by atoms with Crippen molar-refractivity contribution >= 4 is 28.3 Å². The normalized spacial score (nSPS) is 15.0. The summed E-state index contributed by atoms with van der Waals surface area (Å²) < 4.78 is 21.1. The van der Waals surface area contributed by atoms with Crippen LogP contribution in [0.25, 0.3) is 0 Å². The van der Waals surface area contributed by atoms with Crippen molar-refractivity contribution in [3.63, 3.8) is 0 Å². The Hall–Kier alpha value is -3.32. The second-order valence-corrected chi connectivity index (χ2v) is 9.30. The fourth-order valence-corrected chi connectivity index (χ4v) is 4.58. The molecule has 1 unspecified atom stereocenters. The fraction of sp³-hybridized carbons (Fsp3) is 0.500. The monoisotopic (exact) mass is 502 g/mol. The lowest BCUT2D eigenvalue weighted by Crippen LogP contribution is -2.18. The van der Waals surface area contributed by atoms with E-state index in [-0.39, 0.29) is 36.9 Å². The number of hydrogen-bond acceptors (Lipinski definition) is 9. The van der Waals surface area contributed by atoms with Crippen molar-refractivity contribution < 1.29 is 18.7 Å². The number of aryl methyl sites for hydroxylation is 1. The zero-order valence-corrected chi connectivity index (χ0v) is 20.1. The lowest BCUT2D eigenvalue weighted by Gasteiger charge is -2.22. The van der Waals surface area contributed by atoms with E-state index in [0.717, 1.165) is 26.1 Å². The average Bonchev–Trinajstić information content (AvgIpc) is 3.52. The maximum atomic E-state index is 14.4. The molecule has 0 aromatic carbocycles. The van der Waals surface area contributed by atoms with E-state index < -0.39 is 6.17 Å². The summed E-state index contributed by atoms with van der Waals surface area (Å²) >= 11 is 1.21. The van der Waals surface area contributed by atoms with E-state index in [1.807, 2.05) is 12.1 Å². The van der Waals surface area contributed by atoms with Crippen LogP contribution in [0.2, 0.25) is 0 Å². The van der Waals surface area contributed by atoms with Gasteiger partial charge in [0.1, 0.15) is 11.2 Å². The van der Waals surface area contributed by atoms with Gasteiger partial charge in [0.15, 0.2) is 5.69 Å². The molecule has 2 N–H and O–H groups in total. The minimum absolute atomic E-state index is 0.0215. The van der Waals surface area contributed by atoms with E-state index >= 15 is 0 Å². The first kappa shape index (κ1) is 24.8. The molecule has 11 nitrogen and oxygen atoms in total. The Kier molecular flexibility index (Phi) is 8.42. The molecule has 1 aliphatic rings. The van der Waals surface area contributed by atoms with Crippen LogP contribution in [0.4, 0.5) is 9.52 Å². The van der Waals surface area contributed by atoms with Crippen LogP contribution in [0.3, 0.4) is 0 Å². The van der Waals surface area contributed by atoms with Crippen LogP contribution in [0.5, 0.6) is 0 Å². The van der Waals surface area contributed by atoms with Crippen molar-refractivity contribution in [3.8, 4) is 0 Å². The van der Waals surface area contributed by atoms with Gasteiger partial charge < -0.3 is 15.4 Å². The number of alkyl halides is 1. The molecule has 13 heteroatoms. The Labute approximate surface area is 205 Å². The zero-order valence-electron chi connectivity index (χ0n) is 19.3. The molecule has 1 fully saturated rings. The van der Waals surface area contributed by atoms with Crippen molar-refractivity contribution in [1.82, 2.24) is 35.5 Å². The summed E-state index contributed by atoms with van der Waals surface area (Å²) in [5.74, 6) is -0.176. The molecule has 4 heterocycles. The summed E-state index contributed by atoms with van der Waals surface area (Å²) in [5, 5.41) is 21.7. The number of nitrogens with one attached hydrogen (secondary N) is 2. The lowest BCUT2D eigenvalue weighted by atomic mass is 9.92. The van der Waals surface area contributed by atoms with Crippen molar-refractivity contribution in [2.45, 2.75) is 50.7 Å². The highest BCUT2D eigenvalue weighted by atomic mass is 32.1. The summed E-state index contributed by atoms with van der Waals surface area (Å²) in [6.45, 7) is 1.49. The SMILES string of the molecule is CNC(=O)c1cn(CC(F)CCc2nnc(NC(=O)Cc3cc(C4CCOCC4)ccn3)s2)nn1. The molecule has 1 aliphatic heterocycles. The van der Waals surface area contributed by atoms with Crippen LogP contribution in [0.1, 0.15) is 51.9 Å². The highest BCUT2D eigenvalue weighted by Gasteiger charge is 2.18. The third-order valence-electron chi connectivity index (χ3n) is 5.64. The largest absolute Gasteiger partial charge is 0.381 e. The molecule has 2 amide bonds. The number of pyridine rings is 1. The molecule has 0 bridgehead atoms. The second-order valence-electron chi connectivity index (χ2n) is 8.23. The first-order chi connectivity index (χ1) is 17.0. The van der Waals surface area contributed by atoms with Gasteiger partial charge in [0.05, 0.1) is 19.2 Å². The van der Waals surface area contributed by atoms with Crippen LogP contribution >= 0.6 is 11.3 Å². The van der Waals surface area contributed by atoms with Crippen molar-refractivity contribution in [2.24, 2.45) is 0 Å². The van der Waals surface area contributed by atoms with E-state index in [4.69, 9.17) is 4.74 Å². The van der Waals surface area contributed by atoms with Gasteiger partial charge in [0.2, 0.25) is 11.0 Å². The first-order valence-electron chi connectivity index (χ1n) is 11.4. The van der Waals surface area contributed by atoms with Gasteiger partial charge in [-0.25, -0.2) is 9.07 Å².